The number of hydrogen-bond acceptors (Lipinski definition) is 2. The fourth-order valence-corrected chi connectivity index (χ4v) is 3.12. The zero-order chi connectivity index (χ0) is 16.5. The highest BCUT2D eigenvalue weighted by molar-refractivity contribution is 5.66. The Hall–Kier alpha value is -2.68. The van der Waals surface area contributed by atoms with Gasteiger partial charge in [0, 0.05) is 0 Å². The molecule has 0 bridgehead atoms. The van der Waals surface area contributed by atoms with Gasteiger partial charge in [0.2, 0.25) is 0 Å². The van der Waals surface area contributed by atoms with Crippen LogP contribution in [0.25, 0.3) is 22.3 Å². The smallest absolute Gasteiger partial charge is 0.109 e. The van der Waals surface area contributed by atoms with Crippen LogP contribution in [-0.4, -0.2) is 10.2 Å². The molecule has 0 radical (unpaired) electrons. The Balaban J connectivity index is 1.67. The molecule has 0 saturated heterocycles. The quantitative estimate of drug-likeness (QED) is 0.577. The molecular weight excluding hydrogens is 296 g/mol. The second-order valence-corrected chi connectivity index (χ2v) is 6.10. The number of fused-ring (bicyclic) bond motifs is 2. The maximum atomic E-state index is 10.6. The van der Waals surface area contributed by atoms with Gasteiger partial charge in [0.05, 0.1) is 0 Å². The predicted octanol–water partition coefficient (Wildman–Crippen LogP) is 4.66. The van der Waals surface area contributed by atoms with E-state index in [2.05, 4.69) is 0 Å². The number of rotatable bonds is 3. The van der Waals surface area contributed by atoms with Crippen LogP contribution in [0.2, 0.25) is 0 Å². The van der Waals surface area contributed by atoms with Crippen LogP contribution in [0.4, 0.5) is 0 Å². The summed E-state index contributed by atoms with van der Waals surface area (Å²) >= 11 is 0. The van der Waals surface area contributed by atoms with Crippen molar-refractivity contribution in [3.05, 3.63) is 96.1 Å². The van der Waals surface area contributed by atoms with Crippen LogP contribution in [0, 0.1) is 0 Å². The van der Waals surface area contributed by atoms with Crippen molar-refractivity contribution in [3.8, 4) is 22.3 Å². The molecule has 4 aliphatic rings. The van der Waals surface area contributed by atoms with Crippen LogP contribution in [0.1, 0.15) is 23.3 Å². The first-order valence-electron chi connectivity index (χ1n) is 8.06. The van der Waals surface area contributed by atoms with E-state index in [0.717, 1.165) is 22.3 Å². The van der Waals surface area contributed by atoms with Gasteiger partial charge in [0.15, 0.2) is 0 Å². The summed E-state index contributed by atoms with van der Waals surface area (Å²) < 4.78 is 0. The summed E-state index contributed by atoms with van der Waals surface area (Å²) in [5.74, 6) is 0. The van der Waals surface area contributed by atoms with Crippen molar-refractivity contribution in [3.63, 3.8) is 0 Å². The lowest BCUT2D eigenvalue weighted by atomic mass is 10.0. The molecule has 2 nitrogen and oxygen atoms in total. The van der Waals surface area contributed by atoms with E-state index in [-0.39, 0.29) is 0 Å². The number of aliphatic hydroxyl groups is 2. The third kappa shape index (κ3) is 2.67. The van der Waals surface area contributed by atoms with Gasteiger partial charge in [0.25, 0.3) is 0 Å². The highest BCUT2D eigenvalue weighted by Gasteiger charge is 2.20. The summed E-state index contributed by atoms with van der Waals surface area (Å²) in [5, 5.41) is 21.2. The SMILES string of the molecule is OC(c1ccc2cccc-2cc1)C(O)c1ccc2cccc-2cc1. The van der Waals surface area contributed by atoms with Crippen LogP contribution in [0.5, 0.6) is 0 Å². The minimum atomic E-state index is -0.974. The van der Waals surface area contributed by atoms with E-state index < -0.39 is 12.2 Å². The normalized spacial score (nSPS) is 13.9. The molecule has 118 valence electrons. The molecule has 0 aromatic heterocycles. The zero-order valence-corrected chi connectivity index (χ0v) is 13.1. The molecule has 0 amide bonds. The molecule has 0 saturated carbocycles. The third-order valence-electron chi connectivity index (χ3n) is 4.57. The Morgan fingerprint density at radius 1 is 0.417 bits per heavy atom. The summed E-state index contributed by atoms with van der Waals surface area (Å²) in [4.78, 5) is 0. The Morgan fingerprint density at radius 3 is 1.00 bits per heavy atom. The van der Waals surface area contributed by atoms with Gasteiger partial charge in [-0.15, -0.1) is 0 Å². The molecular formula is C22H18O2. The van der Waals surface area contributed by atoms with Crippen LogP contribution < -0.4 is 0 Å². The molecule has 2 atom stereocenters. The molecule has 0 heterocycles. The maximum absolute atomic E-state index is 10.6. The Labute approximate surface area is 141 Å². The van der Waals surface area contributed by atoms with Gasteiger partial charge in [-0.1, -0.05) is 84.9 Å². The van der Waals surface area contributed by atoms with Crippen LogP contribution in [-0.2, 0) is 0 Å². The summed E-state index contributed by atoms with van der Waals surface area (Å²) in [6.45, 7) is 0. The number of aliphatic hydroxyl groups excluding tert-OH is 2. The minimum Gasteiger partial charge on any atom is -0.385 e. The molecule has 4 rings (SSSR count). The molecule has 2 unspecified atom stereocenters. The molecule has 24 heavy (non-hydrogen) atoms. The lowest BCUT2D eigenvalue weighted by molar-refractivity contribution is 0.0173. The van der Waals surface area contributed by atoms with E-state index in [1.54, 1.807) is 0 Å². The van der Waals surface area contributed by atoms with Gasteiger partial charge in [-0.3, -0.25) is 0 Å². The maximum Gasteiger partial charge on any atom is 0.109 e. The van der Waals surface area contributed by atoms with Gasteiger partial charge in [-0.25, -0.2) is 0 Å². The van der Waals surface area contributed by atoms with Gasteiger partial charge in [-0.2, -0.15) is 0 Å². The van der Waals surface area contributed by atoms with Crippen LogP contribution in [0.3, 0.4) is 0 Å². The van der Waals surface area contributed by atoms with Crippen LogP contribution in [0.15, 0.2) is 84.9 Å². The largest absolute Gasteiger partial charge is 0.385 e. The molecule has 0 aliphatic heterocycles. The highest BCUT2D eigenvalue weighted by Crippen LogP contribution is 2.32. The van der Waals surface area contributed by atoms with Crippen molar-refractivity contribution in [2.45, 2.75) is 12.2 Å². The van der Waals surface area contributed by atoms with E-state index in [1.165, 1.54) is 0 Å². The second kappa shape index (κ2) is 6.08. The monoisotopic (exact) mass is 314 g/mol. The van der Waals surface area contributed by atoms with Crippen molar-refractivity contribution >= 4 is 0 Å². The van der Waals surface area contributed by atoms with E-state index >= 15 is 0 Å². The highest BCUT2D eigenvalue weighted by atomic mass is 16.3. The standard InChI is InChI=1S/C22H18O2/c23-21(19-11-7-15-3-1-4-16(15)8-12-19)22(24)20-13-9-17-5-2-6-18(17)10-14-20/h1-14,21-24H. The van der Waals surface area contributed by atoms with Crippen molar-refractivity contribution in [1.29, 1.82) is 0 Å². The third-order valence-corrected chi connectivity index (χ3v) is 4.57. The number of hydrogen-bond donors (Lipinski definition) is 2. The average Bonchev–Trinajstić information content (AvgIpc) is 3.13. The first-order chi connectivity index (χ1) is 11.7. The van der Waals surface area contributed by atoms with Crippen molar-refractivity contribution < 1.29 is 10.2 Å². The van der Waals surface area contributed by atoms with E-state index in [0.29, 0.717) is 11.1 Å². The lowest BCUT2D eigenvalue weighted by Gasteiger charge is -2.17. The molecule has 2 heteroatoms. The molecule has 0 fully saturated rings. The van der Waals surface area contributed by atoms with E-state index in [9.17, 15) is 10.2 Å². The van der Waals surface area contributed by atoms with Crippen LogP contribution >= 0.6 is 0 Å². The van der Waals surface area contributed by atoms with Gasteiger partial charge >= 0.3 is 0 Å². The zero-order valence-electron chi connectivity index (χ0n) is 13.1. The van der Waals surface area contributed by atoms with Gasteiger partial charge in [0.1, 0.15) is 12.2 Å². The summed E-state index contributed by atoms with van der Waals surface area (Å²) in [5.41, 5.74) is 5.87. The average molecular weight is 314 g/mol. The first-order valence-corrected chi connectivity index (χ1v) is 8.06. The van der Waals surface area contributed by atoms with Crippen molar-refractivity contribution in [1.82, 2.24) is 0 Å². The molecule has 0 spiro atoms. The topological polar surface area (TPSA) is 40.5 Å². The minimum absolute atomic E-state index is 0.698. The predicted molar refractivity (Wildman–Crippen MR) is 96.0 cm³/mol. The second-order valence-electron chi connectivity index (χ2n) is 6.10. The van der Waals surface area contributed by atoms with Gasteiger partial charge in [-0.05, 0) is 33.4 Å². The molecule has 4 aliphatic carbocycles. The molecule has 2 N–H and O–H groups in total. The Kier molecular flexibility index (Phi) is 3.77. The fourth-order valence-electron chi connectivity index (χ4n) is 3.12. The van der Waals surface area contributed by atoms with Crippen molar-refractivity contribution in [2.75, 3.05) is 0 Å². The summed E-state index contributed by atoms with van der Waals surface area (Å²) in [7, 11) is 0. The summed E-state index contributed by atoms with van der Waals surface area (Å²) in [6.07, 6.45) is -1.95. The first kappa shape index (κ1) is 14.9. The van der Waals surface area contributed by atoms with E-state index in [4.69, 9.17) is 0 Å². The lowest BCUT2D eigenvalue weighted by Crippen LogP contribution is -2.09. The molecule has 0 aromatic rings. The fraction of sp³-hybridized carbons (Fsp3) is 0.0909. The summed E-state index contributed by atoms with van der Waals surface area (Å²) in [6, 6.07) is 27.5. The Bertz CT molecular complexity index is 777. The van der Waals surface area contributed by atoms with E-state index in [1.807, 2.05) is 84.9 Å². The Morgan fingerprint density at radius 2 is 0.708 bits per heavy atom. The van der Waals surface area contributed by atoms with Gasteiger partial charge < -0.3 is 10.2 Å². The van der Waals surface area contributed by atoms with Crippen molar-refractivity contribution in [2.24, 2.45) is 0 Å². The molecule has 0 aromatic carbocycles.